The van der Waals surface area contributed by atoms with E-state index in [9.17, 15) is 19.2 Å². The van der Waals surface area contributed by atoms with Crippen molar-refractivity contribution in [3.63, 3.8) is 0 Å². The molecule has 1 aliphatic carbocycles. The minimum Gasteiger partial charge on any atom is -0.452 e. The van der Waals surface area contributed by atoms with Crippen LogP contribution in [0.3, 0.4) is 0 Å². The molecule has 1 saturated heterocycles. The van der Waals surface area contributed by atoms with Crippen LogP contribution in [-0.2, 0) is 19.1 Å². The molecule has 2 aromatic rings. The normalized spacial score (nSPS) is 24.4. The Balaban J connectivity index is 1.43. The van der Waals surface area contributed by atoms with Crippen molar-refractivity contribution >= 4 is 58.3 Å². The monoisotopic (exact) mass is 488 g/mol. The third-order valence-electron chi connectivity index (χ3n) is 6.01. The quantitative estimate of drug-likeness (QED) is 0.391. The summed E-state index contributed by atoms with van der Waals surface area (Å²) in [7, 11) is 0. The molecule has 9 heteroatoms. The number of anilines is 2. The molecule has 1 aliphatic heterocycles. The Morgan fingerprint density at radius 1 is 1.00 bits per heavy atom. The van der Waals surface area contributed by atoms with Crippen LogP contribution in [0.4, 0.5) is 11.4 Å². The first-order valence-electron chi connectivity index (χ1n) is 10.5. The number of rotatable bonds is 5. The van der Waals surface area contributed by atoms with Crippen molar-refractivity contribution in [2.24, 2.45) is 11.8 Å². The van der Waals surface area contributed by atoms with E-state index in [1.54, 1.807) is 24.3 Å². The Hall–Kier alpha value is -2.90. The van der Waals surface area contributed by atoms with Crippen LogP contribution in [-0.4, -0.2) is 41.1 Å². The van der Waals surface area contributed by atoms with E-state index in [0.29, 0.717) is 18.5 Å². The van der Waals surface area contributed by atoms with E-state index >= 15 is 0 Å². The molecular weight excluding hydrogens is 467 g/mol. The Kier molecular flexibility index (Phi) is 6.72. The average Bonchev–Trinajstić information content (AvgIpc) is 3.03. The highest BCUT2D eigenvalue weighted by Crippen LogP contribution is 2.43. The highest BCUT2D eigenvalue weighted by atomic mass is 35.5. The number of carbonyl (C=O) groups excluding carboxylic acids is 4. The number of nitrogens with one attached hydrogen (secondary N) is 1. The molecule has 3 amide bonds. The molecule has 1 saturated carbocycles. The van der Waals surface area contributed by atoms with Crippen LogP contribution < -0.4 is 10.2 Å². The first kappa shape index (κ1) is 23.3. The van der Waals surface area contributed by atoms with Crippen molar-refractivity contribution in [3.05, 3.63) is 59.7 Å². The summed E-state index contributed by atoms with van der Waals surface area (Å²) in [6.07, 6.45) is 0.665. The second-order valence-electron chi connectivity index (χ2n) is 8.22. The first-order valence-corrected chi connectivity index (χ1v) is 11.4. The maximum Gasteiger partial charge on any atom is 0.338 e. The van der Waals surface area contributed by atoms with Crippen molar-refractivity contribution in [3.8, 4) is 0 Å². The predicted molar refractivity (Wildman–Crippen MR) is 125 cm³/mol. The summed E-state index contributed by atoms with van der Waals surface area (Å²) in [5.74, 6) is -2.94. The van der Waals surface area contributed by atoms with Crippen LogP contribution in [0.25, 0.3) is 0 Å². The van der Waals surface area contributed by atoms with Crippen molar-refractivity contribution in [1.29, 1.82) is 0 Å². The van der Waals surface area contributed by atoms with Crippen LogP contribution in [0.2, 0.25) is 0 Å². The maximum absolute atomic E-state index is 12.9. The van der Waals surface area contributed by atoms with Gasteiger partial charge in [0, 0.05) is 5.69 Å². The number of halogens is 2. The molecule has 4 rings (SSSR count). The summed E-state index contributed by atoms with van der Waals surface area (Å²) in [4.78, 5) is 51.6. The number of fused-ring (bicyclic) bond motifs is 1. The second-order valence-corrected chi connectivity index (χ2v) is 9.34. The van der Waals surface area contributed by atoms with Gasteiger partial charge in [0.1, 0.15) is 0 Å². The topological polar surface area (TPSA) is 92.8 Å². The van der Waals surface area contributed by atoms with Crippen LogP contribution >= 0.6 is 23.2 Å². The smallest absolute Gasteiger partial charge is 0.338 e. The lowest BCUT2D eigenvalue weighted by Crippen LogP contribution is -2.34. The Morgan fingerprint density at radius 2 is 1.64 bits per heavy atom. The van der Waals surface area contributed by atoms with E-state index in [4.69, 9.17) is 27.9 Å². The van der Waals surface area contributed by atoms with Crippen molar-refractivity contribution in [2.75, 3.05) is 16.8 Å². The molecule has 1 N–H and O–H groups in total. The Morgan fingerprint density at radius 3 is 2.27 bits per heavy atom. The molecule has 0 bridgehead atoms. The lowest BCUT2D eigenvalue weighted by atomic mass is 9.80. The molecule has 4 atom stereocenters. The van der Waals surface area contributed by atoms with Gasteiger partial charge < -0.3 is 10.1 Å². The number of amides is 3. The number of hydrogen-bond donors (Lipinski definition) is 1. The highest BCUT2D eigenvalue weighted by molar-refractivity contribution is 6.31. The maximum atomic E-state index is 12.9. The van der Waals surface area contributed by atoms with Gasteiger partial charge >= 0.3 is 5.97 Å². The van der Waals surface area contributed by atoms with Gasteiger partial charge in [0.2, 0.25) is 11.8 Å². The molecular formula is C24H22Cl2N2O5. The predicted octanol–water partition coefficient (Wildman–Crippen LogP) is 3.90. The van der Waals surface area contributed by atoms with E-state index in [2.05, 4.69) is 5.32 Å². The molecule has 2 fully saturated rings. The fourth-order valence-electron chi connectivity index (χ4n) is 4.24. The van der Waals surface area contributed by atoms with Gasteiger partial charge in [0.15, 0.2) is 6.61 Å². The van der Waals surface area contributed by atoms with E-state index in [0.717, 1.165) is 10.5 Å². The molecule has 0 unspecified atom stereocenters. The molecule has 33 heavy (non-hydrogen) atoms. The summed E-state index contributed by atoms with van der Waals surface area (Å²) in [5.41, 5.74) is 1.91. The van der Waals surface area contributed by atoms with Gasteiger partial charge in [-0.1, -0.05) is 24.3 Å². The number of imide groups is 1. The third kappa shape index (κ3) is 4.75. The Labute approximate surface area is 201 Å². The van der Waals surface area contributed by atoms with E-state index in [1.165, 1.54) is 12.1 Å². The summed E-state index contributed by atoms with van der Waals surface area (Å²) in [5, 5.41) is 1.93. The van der Waals surface area contributed by atoms with Crippen LogP contribution in [0.1, 0.15) is 28.8 Å². The van der Waals surface area contributed by atoms with E-state index in [-0.39, 0.29) is 33.8 Å². The van der Waals surface area contributed by atoms with Gasteiger partial charge in [-0.2, -0.15) is 0 Å². The van der Waals surface area contributed by atoms with Crippen molar-refractivity contribution < 1.29 is 23.9 Å². The highest BCUT2D eigenvalue weighted by Gasteiger charge is 2.52. The number of hydrogen-bond acceptors (Lipinski definition) is 5. The molecule has 2 aromatic carbocycles. The molecule has 0 spiro atoms. The van der Waals surface area contributed by atoms with E-state index < -0.39 is 30.3 Å². The fraction of sp³-hybridized carbons (Fsp3) is 0.333. The number of nitrogens with zero attached hydrogens (tertiary/aromatic N) is 1. The molecule has 0 aromatic heterocycles. The average molecular weight is 489 g/mol. The first-order chi connectivity index (χ1) is 15.8. The number of esters is 1. The van der Waals surface area contributed by atoms with Gasteiger partial charge in [-0.25, -0.2) is 4.79 Å². The van der Waals surface area contributed by atoms with Crippen molar-refractivity contribution in [1.82, 2.24) is 0 Å². The standard InChI is InChI=1S/C24H22Cl2N2O5/c1-13-5-2-3-8-20(13)27-21(29)12-33-24(32)14-6-4-7-15(9-14)28-22(30)16-10-18(25)19(26)11-17(16)23(28)31/h2-9,16-19H,10-12H2,1H3,(H,27,29)/t16-,17+,18+,19-. The summed E-state index contributed by atoms with van der Waals surface area (Å²) in [6.45, 7) is 1.38. The zero-order chi connectivity index (χ0) is 23.7. The van der Waals surface area contributed by atoms with Crippen LogP contribution in [0.15, 0.2) is 48.5 Å². The number of benzene rings is 2. The van der Waals surface area contributed by atoms with Crippen LogP contribution in [0.5, 0.6) is 0 Å². The SMILES string of the molecule is Cc1ccccc1NC(=O)COC(=O)c1cccc(N2C(=O)[C@H]3C[C@@H](Cl)[C@@H](Cl)C[C@H]3C2=O)c1. The molecule has 7 nitrogen and oxygen atoms in total. The number of alkyl halides is 2. The number of para-hydroxylation sites is 1. The molecule has 172 valence electrons. The zero-order valence-corrected chi connectivity index (χ0v) is 19.3. The summed E-state index contributed by atoms with van der Waals surface area (Å²) < 4.78 is 5.12. The van der Waals surface area contributed by atoms with Gasteiger partial charge in [0.05, 0.1) is 33.8 Å². The molecule has 2 aliphatic rings. The van der Waals surface area contributed by atoms with Gasteiger partial charge in [0.25, 0.3) is 5.91 Å². The molecule has 0 radical (unpaired) electrons. The number of aryl methyl sites for hydroxylation is 1. The van der Waals surface area contributed by atoms with Crippen molar-refractivity contribution in [2.45, 2.75) is 30.5 Å². The minimum absolute atomic E-state index is 0.122. The summed E-state index contributed by atoms with van der Waals surface area (Å²) >= 11 is 12.4. The second kappa shape index (κ2) is 9.53. The van der Waals surface area contributed by atoms with Gasteiger partial charge in [-0.3, -0.25) is 19.3 Å². The summed E-state index contributed by atoms with van der Waals surface area (Å²) in [6, 6.07) is 13.3. The number of carbonyl (C=O) groups is 4. The van der Waals surface area contributed by atoms with Crippen LogP contribution in [0, 0.1) is 18.8 Å². The lowest BCUT2D eigenvalue weighted by molar-refractivity contribution is -0.122. The van der Waals surface area contributed by atoms with Gasteiger partial charge in [-0.15, -0.1) is 23.2 Å². The Bertz CT molecular complexity index is 1090. The largest absolute Gasteiger partial charge is 0.452 e. The lowest BCUT2D eigenvalue weighted by Gasteiger charge is -2.28. The van der Waals surface area contributed by atoms with E-state index in [1.807, 2.05) is 19.1 Å². The molecule has 1 heterocycles. The van der Waals surface area contributed by atoms with Gasteiger partial charge in [-0.05, 0) is 49.6 Å². The fourth-order valence-corrected chi connectivity index (χ4v) is 4.83. The zero-order valence-electron chi connectivity index (χ0n) is 17.8. The third-order valence-corrected chi connectivity index (χ3v) is 7.10. The minimum atomic E-state index is -0.741. The number of ether oxygens (including phenoxy) is 1.